The first kappa shape index (κ1) is 16.1. The third-order valence-electron chi connectivity index (χ3n) is 3.70. The molecule has 24 heavy (non-hydrogen) atoms. The topological polar surface area (TPSA) is 49.3 Å². The highest BCUT2D eigenvalue weighted by Gasteiger charge is 2.14. The Balaban J connectivity index is 2.24. The van der Waals surface area contributed by atoms with Crippen LogP contribution in [0.25, 0.3) is 22.3 Å². The van der Waals surface area contributed by atoms with Crippen molar-refractivity contribution in [3.05, 3.63) is 71.8 Å². The van der Waals surface area contributed by atoms with Crippen molar-refractivity contribution in [1.29, 1.82) is 0 Å². The van der Waals surface area contributed by atoms with Crippen LogP contribution in [-0.2, 0) is 4.79 Å². The fraction of sp³-hybridized carbons (Fsp3) is 0.0500. The molecule has 3 aromatic carbocycles. The lowest BCUT2D eigenvalue weighted by molar-refractivity contribution is -0.114. The number of carbonyl (C=O) groups is 1. The van der Waals surface area contributed by atoms with Crippen LogP contribution in [0, 0.1) is 0 Å². The van der Waals surface area contributed by atoms with Crippen molar-refractivity contribution in [2.75, 3.05) is 5.32 Å². The molecule has 4 heteroatoms. The molecule has 0 spiro atoms. The number of anilines is 1. The summed E-state index contributed by atoms with van der Waals surface area (Å²) in [5.74, 6) is 0.0478. The number of benzene rings is 3. The summed E-state index contributed by atoms with van der Waals surface area (Å²) < 4.78 is 0. The summed E-state index contributed by atoms with van der Waals surface area (Å²) in [6, 6.07) is 20.2. The van der Waals surface area contributed by atoms with Crippen molar-refractivity contribution in [3.8, 4) is 28.0 Å². The molecule has 0 aromatic heterocycles. The Labute approximate surface area is 145 Å². The van der Waals surface area contributed by atoms with Crippen molar-refractivity contribution in [1.82, 2.24) is 0 Å². The predicted molar refractivity (Wildman–Crippen MR) is 98.3 cm³/mol. The van der Waals surface area contributed by atoms with Crippen molar-refractivity contribution in [2.24, 2.45) is 0 Å². The van der Waals surface area contributed by atoms with Gasteiger partial charge in [0, 0.05) is 28.8 Å². The third-order valence-corrected chi connectivity index (χ3v) is 3.94. The van der Waals surface area contributed by atoms with E-state index in [1.165, 1.54) is 6.92 Å². The van der Waals surface area contributed by atoms with Gasteiger partial charge >= 0.3 is 0 Å². The predicted octanol–water partition coefficient (Wildman–Crippen LogP) is 5.34. The van der Waals surface area contributed by atoms with Crippen LogP contribution in [0.2, 0.25) is 5.02 Å². The zero-order valence-electron chi connectivity index (χ0n) is 13.1. The molecule has 0 heterocycles. The van der Waals surface area contributed by atoms with Crippen LogP contribution < -0.4 is 5.32 Å². The van der Waals surface area contributed by atoms with Gasteiger partial charge in [0.15, 0.2) is 0 Å². The zero-order chi connectivity index (χ0) is 17.1. The maximum Gasteiger partial charge on any atom is 0.221 e. The van der Waals surface area contributed by atoms with Gasteiger partial charge < -0.3 is 10.4 Å². The lowest BCUT2D eigenvalue weighted by Crippen LogP contribution is -2.07. The summed E-state index contributed by atoms with van der Waals surface area (Å²) in [4.78, 5) is 11.5. The van der Waals surface area contributed by atoms with E-state index in [1.807, 2.05) is 48.5 Å². The molecular formula is C20H16ClNO2. The first-order valence-electron chi connectivity index (χ1n) is 7.51. The molecule has 0 saturated heterocycles. The van der Waals surface area contributed by atoms with Gasteiger partial charge in [0.1, 0.15) is 5.75 Å². The molecular weight excluding hydrogens is 322 g/mol. The van der Waals surface area contributed by atoms with Crippen molar-refractivity contribution in [3.63, 3.8) is 0 Å². The molecule has 0 bridgehead atoms. The van der Waals surface area contributed by atoms with E-state index >= 15 is 0 Å². The minimum absolute atomic E-state index is 0.145. The van der Waals surface area contributed by atoms with E-state index in [1.54, 1.807) is 18.2 Å². The molecule has 2 N–H and O–H groups in total. The molecule has 3 aromatic rings. The summed E-state index contributed by atoms with van der Waals surface area (Å²) in [7, 11) is 0. The highest BCUT2D eigenvalue weighted by Crippen LogP contribution is 2.40. The number of hydrogen-bond acceptors (Lipinski definition) is 2. The number of hydrogen-bond donors (Lipinski definition) is 2. The minimum atomic E-state index is -0.145. The molecule has 0 aliphatic carbocycles. The first-order valence-corrected chi connectivity index (χ1v) is 7.89. The van der Waals surface area contributed by atoms with Crippen LogP contribution in [0.4, 0.5) is 5.69 Å². The van der Waals surface area contributed by atoms with Gasteiger partial charge in [-0.15, -0.1) is 0 Å². The summed E-state index contributed by atoms with van der Waals surface area (Å²) in [5.41, 5.74) is 3.93. The van der Waals surface area contributed by atoms with Crippen molar-refractivity contribution < 1.29 is 9.90 Å². The summed E-state index contributed by atoms with van der Waals surface area (Å²) >= 11 is 6.20. The largest absolute Gasteiger partial charge is 0.507 e. The Kier molecular flexibility index (Phi) is 4.54. The maximum absolute atomic E-state index is 11.5. The molecule has 0 aliphatic rings. The van der Waals surface area contributed by atoms with Gasteiger partial charge in [-0.3, -0.25) is 4.79 Å². The standard InChI is InChI=1S/C20H16ClNO2/c1-13(23)22-19-8-4-2-6-16(19)18-12-14(21)10-11-15(18)17-7-3-5-9-20(17)24/h2-12,24H,1H3,(H,22,23). The number of amides is 1. The number of para-hydroxylation sites is 2. The summed E-state index contributed by atoms with van der Waals surface area (Å²) in [5, 5.41) is 13.6. The molecule has 0 saturated carbocycles. The lowest BCUT2D eigenvalue weighted by atomic mass is 9.93. The molecule has 0 radical (unpaired) electrons. The molecule has 0 unspecified atom stereocenters. The van der Waals surface area contributed by atoms with E-state index in [0.29, 0.717) is 16.3 Å². The van der Waals surface area contributed by atoms with Crippen LogP contribution in [-0.4, -0.2) is 11.0 Å². The van der Waals surface area contributed by atoms with Gasteiger partial charge in [-0.1, -0.05) is 54.1 Å². The van der Waals surface area contributed by atoms with Crippen LogP contribution in [0.5, 0.6) is 5.75 Å². The number of phenolic OH excluding ortho intramolecular Hbond substituents is 1. The fourth-order valence-electron chi connectivity index (χ4n) is 2.69. The number of halogens is 1. The quantitative estimate of drug-likeness (QED) is 0.678. The highest BCUT2D eigenvalue weighted by atomic mass is 35.5. The van der Waals surface area contributed by atoms with E-state index in [0.717, 1.165) is 16.7 Å². The monoisotopic (exact) mass is 337 g/mol. The second kappa shape index (κ2) is 6.77. The average Bonchev–Trinajstić information content (AvgIpc) is 2.56. The van der Waals surface area contributed by atoms with Gasteiger partial charge in [-0.25, -0.2) is 0 Å². The third kappa shape index (κ3) is 3.26. The number of aromatic hydroxyl groups is 1. The Hall–Kier alpha value is -2.78. The zero-order valence-corrected chi connectivity index (χ0v) is 13.8. The Morgan fingerprint density at radius 3 is 2.25 bits per heavy atom. The van der Waals surface area contributed by atoms with E-state index in [2.05, 4.69) is 5.32 Å². The molecule has 0 aliphatic heterocycles. The van der Waals surface area contributed by atoms with E-state index in [-0.39, 0.29) is 11.7 Å². The van der Waals surface area contributed by atoms with Gasteiger partial charge in [0.2, 0.25) is 5.91 Å². The number of carbonyl (C=O) groups excluding carboxylic acids is 1. The first-order chi connectivity index (χ1) is 11.6. The SMILES string of the molecule is CC(=O)Nc1ccccc1-c1cc(Cl)ccc1-c1ccccc1O. The lowest BCUT2D eigenvalue weighted by Gasteiger charge is -2.15. The number of phenols is 1. The second-order valence-electron chi connectivity index (χ2n) is 5.43. The molecule has 120 valence electrons. The number of nitrogens with one attached hydrogen (secondary N) is 1. The highest BCUT2D eigenvalue weighted by molar-refractivity contribution is 6.31. The van der Waals surface area contributed by atoms with Gasteiger partial charge in [0.25, 0.3) is 0 Å². The molecule has 1 amide bonds. The van der Waals surface area contributed by atoms with E-state index < -0.39 is 0 Å². The van der Waals surface area contributed by atoms with Crippen molar-refractivity contribution in [2.45, 2.75) is 6.92 Å². The van der Waals surface area contributed by atoms with Crippen molar-refractivity contribution >= 4 is 23.2 Å². The summed E-state index contributed by atoms with van der Waals surface area (Å²) in [6.45, 7) is 1.47. The smallest absolute Gasteiger partial charge is 0.221 e. The van der Waals surface area contributed by atoms with Crippen LogP contribution in [0.1, 0.15) is 6.92 Å². The van der Waals surface area contributed by atoms with Crippen LogP contribution in [0.3, 0.4) is 0 Å². The van der Waals surface area contributed by atoms with Gasteiger partial charge in [0.05, 0.1) is 0 Å². The molecule has 3 rings (SSSR count). The Bertz CT molecular complexity index is 906. The van der Waals surface area contributed by atoms with E-state index in [4.69, 9.17) is 11.6 Å². The number of rotatable bonds is 3. The van der Waals surface area contributed by atoms with Gasteiger partial charge in [-0.2, -0.15) is 0 Å². The Morgan fingerprint density at radius 2 is 1.54 bits per heavy atom. The Morgan fingerprint density at radius 1 is 0.875 bits per heavy atom. The average molecular weight is 338 g/mol. The van der Waals surface area contributed by atoms with E-state index in [9.17, 15) is 9.90 Å². The minimum Gasteiger partial charge on any atom is -0.507 e. The van der Waals surface area contributed by atoms with Gasteiger partial charge in [-0.05, 0) is 35.4 Å². The maximum atomic E-state index is 11.5. The molecule has 0 fully saturated rings. The fourth-order valence-corrected chi connectivity index (χ4v) is 2.86. The van der Waals surface area contributed by atoms with Crippen LogP contribution in [0.15, 0.2) is 66.7 Å². The molecule has 0 atom stereocenters. The normalized spacial score (nSPS) is 10.4. The second-order valence-corrected chi connectivity index (χ2v) is 5.87. The molecule has 3 nitrogen and oxygen atoms in total. The summed E-state index contributed by atoms with van der Waals surface area (Å²) in [6.07, 6.45) is 0. The van der Waals surface area contributed by atoms with Crippen LogP contribution >= 0.6 is 11.6 Å².